The van der Waals surface area contributed by atoms with Crippen LogP contribution in [-0.4, -0.2) is 328 Å². The van der Waals surface area contributed by atoms with Gasteiger partial charge >= 0.3 is 23.9 Å². The Labute approximate surface area is 840 Å². The number of aromatic nitrogens is 3. The Morgan fingerprint density at radius 1 is 0.455 bits per heavy atom. The molecule has 143 heavy (non-hydrogen) atoms. The summed E-state index contributed by atoms with van der Waals surface area (Å²) < 4.78 is 1.27. The largest absolute Gasteiger partial charge is 0.481 e. The van der Waals surface area contributed by atoms with E-state index >= 15 is 0 Å². The van der Waals surface area contributed by atoms with E-state index < -0.39 is 260 Å². The first-order chi connectivity index (χ1) is 67.6. The Balaban J connectivity index is 1.81. The Hall–Kier alpha value is -12.6. The van der Waals surface area contributed by atoms with Crippen LogP contribution in [0.25, 0.3) is 10.9 Å². The molecular formula is C90H142N22O28S3. The lowest BCUT2D eigenvalue weighted by molar-refractivity contribution is -0.143. The fraction of sp³-hybridized carbons (Fsp3) is 0.633. The van der Waals surface area contributed by atoms with Gasteiger partial charge in [-0.2, -0.15) is 11.8 Å². The molecule has 17 amide bonds. The Morgan fingerprint density at radius 2 is 0.895 bits per heavy atom. The number of aliphatic hydroxyl groups excluding tert-OH is 2. The summed E-state index contributed by atoms with van der Waals surface area (Å²) in [6.45, 7) is 13.8. The number of thioether (sulfide) groups is 3. The number of H-pyrrole nitrogens is 1. The van der Waals surface area contributed by atoms with Crippen LogP contribution in [0.5, 0.6) is 0 Å². The molecule has 2 aromatic heterocycles. The number of hydrogen-bond acceptors (Lipinski definition) is 30. The van der Waals surface area contributed by atoms with Crippen LogP contribution in [0.3, 0.4) is 0 Å². The highest BCUT2D eigenvalue weighted by Gasteiger charge is 2.41. The number of unbranched alkanes of at least 4 members (excludes halogenated alkanes) is 3. The van der Waals surface area contributed by atoms with Gasteiger partial charge in [-0.15, -0.1) is 23.5 Å². The van der Waals surface area contributed by atoms with Crippen molar-refractivity contribution in [2.24, 2.45) is 35.1 Å². The first-order valence-electron chi connectivity index (χ1n) is 46.9. The van der Waals surface area contributed by atoms with Crippen molar-refractivity contribution in [3.63, 3.8) is 0 Å². The molecular weight excluding hydrogens is 1930 g/mol. The maximum atomic E-state index is 14.5. The number of aliphatic carboxylic acids is 4. The third-order valence-electron chi connectivity index (χ3n) is 22.4. The Morgan fingerprint density at radius 3 is 1.37 bits per heavy atom. The number of carboxylic acid groups (broad SMARTS) is 4. The zero-order valence-electron chi connectivity index (χ0n) is 82.1. The Bertz CT molecular complexity index is 4760. The number of aromatic amines is 1. The number of para-hydroxylation sites is 1. The smallest absolute Gasteiger partial charge is 0.326 e. The molecule has 0 fully saturated rings. The van der Waals surface area contributed by atoms with Gasteiger partial charge in [0.25, 0.3) is 0 Å². The summed E-state index contributed by atoms with van der Waals surface area (Å²) in [5.74, 6) is -24.2. The monoisotopic (exact) mass is 2070 g/mol. The highest BCUT2D eigenvalue weighted by Crippen LogP contribution is 2.24. The maximum absolute atomic E-state index is 14.5. The summed E-state index contributed by atoms with van der Waals surface area (Å²) in [4.78, 5) is 303. The van der Waals surface area contributed by atoms with Gasteiger partial charge in [0.1, 0.15) is 84.6 Å². The number of nitrogens with two attached hydrogens (primary N) is 2. The number of imidazole rings is 1. The van der Waals surface area contributed by atoms with E-state index in [1.54, 1.807) is 85.9 Å². The van der Waals surface area contributed by atoms with Gasteiger partial charge < -0.3 is 137 Å². The minimum atomic E-state index is -2.01. The molecule has 1 aromatic carbocycles. The third kappa shape index (κ3) is 46.6. The first-order valence-corrected chi connectivity index (χ1v) is 50.6. The molecule has 798 valence electrons. The van der Waals surface area contributed by atoms with Gasteiger partial charge in [0.2, 0.25) is 107 Å². The van der Waals surface area contributed by atoms with Crippen LogP contribution in [0.2, 0.25) is 0 Å². The summed E-state index contributed by atoms with van der Waals surface area (Å²) in [5, 5.41) is 103. The van der Waals surface area contributed by atoms with Crippen molar-refractivity contribution in [1.82, 2.24) is 105 Å². The number of carboxylic acids is 4. The second-order valence-corrected chi connectivity index (χ2v) is 38.1. The van der Waals surface area contributed by atoms with Gasteiger partial charge in [0.05, 0.1) is 61.4 Å². The van der Waals surface area contributed by atoms with Crippen molar-refractivity contribution < 1.29 is 136 Å². The predicted molar refractivity (Wildman–Crippen MR) is 526 cm³/mol. The zero-order chi connectivity index (χ0) is 107. The number of hydrogen-bond donors (Lipinski definition) is 26. The highest BCUT2D eigenvalue weighted by molar-refractivity contribution is 7.99. The van der Waals surface area contributed by atoms with E-state index in [4.69, 9.17) is 11.5 Å². The minimum Gasteiger partial charge on any atom is -0.481 e. The number of carbonyl (C=O) groups excluding carboxylic acids is 18. The molecule has 0 unspecified atom stereocenters. The van der Waals surface area contributed by atoms with E-state index in [0.717, 1.165) is 23.5 Å². The molecule has 0 bridgehead atoms. The molecule has 53 heteroatoms. The molecule has 3 aromatic rings. The number of nitrogens with zero attached hydrogens (tertiary/aromatic N) is 2. The number of nitrogens with one attached hydrogen (secondary N) is 18. The van der Waals surface area contributed by atoms with Crippen LogP contribution in [0.15, 0.2) is 43.0 Å². The highest BCUT2D eigenvalue weighted by atomic mass is 32.2. The van der Waals surface area contributed by atoms with Crippen molar-refractivity contribution in [3.8, 4) is 0 Å². The number of amides is 17. The lowest BCUT2D eigenvalue weighted by Crippen LogP contribution is -2.61. The first kappa shape index (κ1) is 125. The maximum Gasteiger partial charge on any atom is 0.326 e. The van der Waals surface area contributed by atoms with Gasteiger partial charge in [-0.05, 0) is 112 Å². The molecule has 50 nitrogen and oxygen atoms in total. The molecule has 17 atom stereocenters. The average molecular weight is 2080 g/mol. The number of aliphatic hydroxyl groups is 2. The van der Waals surface area contributed by atoms with Crippen LogP contribution in [-0.2, 0) is 118 Å². The van der Waals surface area contributed by atoms with E-state index in [1.807, 2.05) is 0 Å². The van der Waals surface area contributed by atoms with Crippen molar-refractivity contribution in [2.75, 3.05) is 61.6 Å². The van der Waals surface area contributed by atoms with E-state index in [2.05, 4.69) is 100 Å². The SMILES string of the molecule is CC[C@H](C)[C@H](NC(=O)[C@H](CC(=O)O)NC(=O)[C@H](CC(C)C)NC(=O)[C@H](Cc1c[nH]cn1)NC(=O)CCCCCNC(=O)[C@H](CSCNC(C)=O)NC(=O)[C@H](CCC(=O)O)NC(=O)[C@H](CCCCN)NC(=O)[C@H](CC(=O)O)NC(=O)[C@H](CCSC)NC(=O)[C@H](CC(C)C)NC(=O)[C@H](CO)NC(=O)[C@H](CO)NC(=O)[C@@H](N)CSCNC(C)=O)C(=O)N[C@H](C(=O)N[C@@H](Cc1cn(C=O)c2ccccc12)C(=O)O)[C@@H](C)CC. The molecule has 0 aliphatic heterocycles. The van der Waals surface area contributed by atoms with Gasteiger partial charge in [-0.3, -0.25) is 105 Å². The zero-order valence-corrected chi connectivity index (χ0v) is 84.6. The second kappa shape index (κ2) is 66.3. The van der Waals surface area contributed by atoms with Gasteiger partial charge in [-0.25, -0.2) is 9.78 Å². The topological polar surface area (TPSA) is 787 Å². The molecule has 28 N–H and O–H groups in total. The molecule has 0 spiro atoms. The third-order valence-corrected chi connectivity index (χ3v) is 24.9. The number of carbonyl (C=O) groups is 22. The fourth-order valence-electron chi connectivity index (χ4n) is 14.1. The summed E-state index contributed by atoms with van der Waals surface area (Å²) in [7, 11) is 0. The van der Waals surface area contributed by atoms with Crippen LogP contribution < -0.4 is 102 Å². The van der Waals surface area contributed by atoms with Gasteiger partial charge in [0, 0.05) is 75.4 Å². The summed E-state index contributed by atoms with van der Waals surface area (Å²) in [5.41, 5.74) is 12.9. The average Bonchev–Trinajstić information content (AvgIpc) is 1.65. The fourth-order valence-corrected chi connectivity index (χ4v) is 16.3. The normalized spacial score (nSPS) is 14.8. The molecule has 0 aliphatic carbocycles. The summed E-state index contributed by atoms with van der Waals surface area (Å²) >= 11 is 3.26. The predicted octanol–water partition coefficient (Wildman–Crippen LogP) is -4.42. The number of rotatable bonds is 72. The lowest BCUT2D eigenvalue weighted by Gasteiger charge is -2.30. The second-order valence-electron chi connectivity index (χ2n) is 35.1. The van der Waals surface area contributed by atoms with Crippen LogP contribution >= 0.6 is 35.3 Å². The molecule has 3 rings (SSSR count). The number of benzene rings is 1. The van der Waals surface area contributed by atoms with Gasteiger partial charge in [-0.1, -0.05) is 92.9 Å². The molecule has 2 heterocycles. The number of fused-ring (bicyclic) bond motifs is 1. The quantitative estimate of drug-likeness (QED) is 0.0144. The van der Waals surface area contributed by atoms with E-state index in [0.29, 0.717) is 22.9 Å². The molecule has 0 radical (unpaired) electrons. The van der Waals surface area contributed by atoms with E-state index in [1.165, 1.54) is 48.9 Å². The van der Waals surface area contributed by atoms with E-state index in [9.17, 15) is 136 Å². The standard InChI is InChI=1S/C90H142N22O28S3/c1-12-49(7)74(88(137)106-65(90(139)140)33-53-38-112(46-115)69-23-17-16-21-55(53)69)111-89(138)75(50(8)13-2)110-85(134)64(36-73(123)124)105-82(131)61(32-48(5)6)102-83(132)62(34-54-37-93-43-95-54)98-70(118)24-15-14-20-29-94-77(126)68(42-143-45-97-52(10)117)109-79(128)58(25-26-71(119)120)100-78(127)57(22-18-19-28-91)99-84(133)63(35-72(121)122)104-80(129)59(27-30-141-11)101-81(130)60(31-47(3)4)103-86(135)67(40-114)108-87(136)66(39-113)107-76(125)56(92)41-142-44-96-51(9)116/h16-17,21,23,37-38,43,46-50,56-68,74-75,113-114H,12-15,18-20,22,24-36,39-42,44-45,91-92H2,1-11H3,(H,93,95)(H,94,126)(H,96,116)(H,97,117)(H,98,118)(H,99,133)(H,100,127)(H,101,130)(H,102,132)(H,103,135)(H,104,129)(H,105,131)(H,106,137)(H,107,125)(H,108,136)(H,109,128)(H,110,134)(H,111,138)(H,119,120)(H,121,122)(H,123,124)(H,139,140)/t49-,50-,56-,57-,58-,59-,60-,61-,62-,63-,64-,65-,66-,67-,68-,74-,75-/m0/s1. The van der Waals surface area contributed by atoms with Crippen LogP contribution in [0.1, 0.15) is 183 Å². The van der Waals surface area contributed by atoms with Crippen molar-refractivity contribution in [2.45, 2.75) is 275 Å². The van der Waals surface area contributed by atoms with Crippen LogP contribution in [0.4, 0.5) is 0 Å². The summed E-state index contributed by atoms with van der Waals surface area (Å²) in [6.07, 6.45) is 2.86. The lowest BCUT2D eigenvalue weighted by atomic mass is 9.94. The van der Waals surface area contributed by atoms with Crippen molar-refractivity contribution >= 4 is 177 Å². The minimum absolute atomic E-state index is 0.0211. The van der Waals surface area contributed by atoms with Crippen molar-refractivity contribution in [1.29, 1.82) is 0 Å². The summed E-state index contributed by atoms with van der Waals surface area (Å²) in [6, 6.07) is -17.3. The Kier molecular flexibility index (Phi) is 57.7. The van der Waals surface area contributed by atoms with Crippen LogP contribution in [0, 0.1) is 23.7 Å². The van der Waals surface area contributed by atoms with Crippen molar-refractivity contribution in [3.05, 3.63) is 54.2 Å². The molecule has 0 saturated heterocycles. The van der Waals surface area contributed by atoms with E-state index in [-0.39, 0.29) is 155 Å². The molecule has 0 saturated carbocycles. The molecule has 0 aliphatic rings. The van der Waals surface area contributed by atoms with Gasteiger partial charge in [0.15, 0.2) is 0 Å².